The molecule has 16 heavy (non-hydrogen) atoms. The number of aliphatic hydroxyl groups is 1. The summed E-state index contributed by atoms with van der Waals surface area (Å²) in [6.07, 6.45) is 5.74. The van der Waals surface area contributed by atoms with Crippen LogP contribution >= 0.6 is 0 Å². The van der Waals surface area contributed by atoms with Gasteiger partial charge < -0.3 is 5.11 Å². The highest BCUT2D eigenvalue weighted by Gasteiger charge is 2.09. The molecule has 1 aliphatic heterocycles. The van der Waals surface area contributed by atoms with E-state index in [1.165, 1.54) is 19.3 Å². The molecule has 0 saturated carbocycles. The summed E-state index contributed by atoms with van der Waals surface area (Å²) >= 11 is 0. The molecular weight excluding hydrogens is 206 g/mol. The van der Waals surface area contributed by atoms with E-state index >= 15 is 0 Å². The van der Waals surface area contributed by atoms with Crippen molar-refractivity contribution in [1.82, 2.24) is 25.4 Å². The van der Waals surface area contributed by atoms with Crippen LogP contribution < -0.4 is 5.43 Å². The van der Waals surface area contributed by atoms with Crippen LogP contribution in [0.4, 0.5) is 0 Å². The first kappa shape index (κ1) is 11.5. The Morgan fingerprint density at radius 3 is 2.88 bits per heavy atom. The Morgan fingerprint density at radius 1 is 1.31 bits per heavy atom. The molecule has 1 fully saturated rings. The summed E-state index contributed by atoms with van der Waals surface area (Å²) in [5.41, 5.74) is 4.26. The maximum Gasteiger partial charge on any atom is 0.0979 e. The molecule has 0 atom stereocenters. The molecule has 0 bridgehead atoms. The highest BCUT2D eigenvalue weighted by Crippen LogP contribution is 2.06. The molecule has 2 heterocycles. The van der Waals surface area contributed by atoms with E-state index in [1.807, 2.05) is 6.20 Å². The fraction of sp³-hybridized carbons (Fsp3) is 0.800. The molecule has 0 unspecified atom stereocenters. The van der Waals surface area contributed by atoms with Gasteiger partial charge in [-0.25, -0.2) is 15.1 Å². The van der Waals surface area contributed by atoms with Crippen LogP contribution in [0.2, 0.25) is 0 Å². The number of nitrogens with one attached hydrogen (secondary N) is 1. The van der Waals surface area contributed by atoms with Crippen molar-refractivity contribution in [2.75, 3.05) is 19.7 Å². The summed E-state index contributed by atoms with van der Waals surface area (Å²) < 4.78 is 1.66. The zero-order valence-electron chi connectivity index (χ0n) is 9.47. The molecule has 0 spiro atoms. The zero-order valence-corrected chi connectivity index (χ0v) is 9.47. The third-order valence-electron chi connectivity index (χ3n) is 2.76. The van der Waals surface area contributed by atoms with Crippen LogP contribution in [0.25, 0.3) is 0 Å². The number of nitrogens with zero attached hydrogens (tertiary/aromatic N) is 4. The van der Waals surface area contributed by atoms with Gasteiger partial charge in [-0.05, 0) is 12.8 Å². The molecule has 2 N–H and O–H groups in total. The number of piperidine rings is 1. The number of rotatable bonds is 5. The summed E-state index contributed by atoms with van der Waals surface area (Å²) in [6, 6.07) is 0. The molecule has 0 aliphatic carbocycles. The van der Waals surface area contributed by atoms with Gasteiger partial charge in [0, 0.05) is 19.3 Å². The van der Waals surface area contributed by atoms with Crippen molar-refractivity contribution >= 4 is 0 Å². The second-order valence-corrected chi connectivity index (χ2v) is 4.08. The second-order valence-electron chi connectivity index (χ2n) is 4.08. The van der Waals surface area contributed by atoms with E-state index in [9.17, 15) is 0 Å². The van der Waals surface area contributed by atoms with Gasteiger partial charge in [0.2, 0.25) is 0 Å². The minimum absolute atomic E-state index is 0.0996. The Bertz CT molecular complexity index is 308. The summed E-state index contributed by atoms with van der Waals surface area (Å²) in [6.45, 7) is 3.56. The Morgan fingerprint density at radius 2 is 2.12 bits per heavy atom. The van der Waals surface area contributed by atoms with Gasteiger partial charge in [0.1, 0.15) is 0 Å². The van der Waals surface area contributed by atoms with Crippen molar-refractivity contribution < 1.29 is 5.11 Å². The number of hydrazine groups is 1. The van der Waals surface area contributed by atoms with E-state index in [1.54, 1.807) is 4.68 Å². The third-order valence-corrected chi connectivity index (χ3v) is 2.76. The first-order chi connectivity index (χ1) is 7.88. The molecule has 90 valence electrons. The van der Waals surface area contributed by atoms with Gasteiger partial charge in [-0.2, -0.15) is 0 Å². The van der Waals surface area contributed by atoms with Crippen LogP contribution in [0.5, 0.6) is 0 Å². The molecule has 0 radical (unpaired) electrons. The van der Waals surface area contributed by atoms with Crippen LogP contribution in [-0.2, 0) is 13.1 Å². The Balaban J connectivity index is 1.75. The van der Waals surface area contributed by atoms with Gasteiger partial charge in [-0.15, -0.1) is 5.10 Å². The van der Waals surface area contributed by atoms with Gasteiger partial charge in [-0.3, -0.25) is 0 Å². The highest BCUT2D eigenvalue weighted by atomic mass is 16.3. The summed E-state index contributed by atoms with van der Waals surface area (Å²) in [7, 11) is 0. The Kier molecular flexibility index (Phi) is 4.26. The van der Waals surface area contributed by atoms with Crippen molar-refractivity contribution in [2.24, 2.45) is 0 Å². The highest BCUT2D eigenvalue weighted by molar-refractivity contribution is 4.91. The summed E-state index contributed by atoms with van der Waals surface area (Å²) in [5.74, 6) is 0. The minimum Gasteiger partial charge on any atom is -0.394 e. The first-order valence-electron chi connectivity index (χ1n) is 5.87. The smallest absolute Gasteiger partial charge is 0.0979 e. The third kappa shape index (κ3) is 3.26. The predicted octanol–water partition coefficient (Wildman–Crippen LogP) is -0.239. The first-order valence-corrected chi connectivity index (χ1v) is 5.87. The van der Waals surface area contributed by atoms with Gasteiger partial charge in [0.15, 0.2) is 0 Å². The molecule has 1 aromatic rings. The van der Waals surface area contributed by atoms with E-state index in [2.05, 4.69) is 20.7 Å². The van der Waals surface area contributed by atoms with E-state index in [0.717, 1.165) is 18.8 Å². The van der Waals surface area contributed by atoms with Gasteiger partial charge in [0.25, 0.3) is 0 Å². The van der Waals surface area contributed by atoms with Crippen molar-refractivity contribution in [2.45, 2.75) is 32.4 Å². The van der Waals surface area contributed by atoms with E-state index in [4.69, 9.17) is 5.11 Å². The average Bonchev–Trinajstić information content (AvgIpc) is 2.76. The predicted molar refractivity (Wildman–Crippen MR) is 59.4 cm³/mol. The van der Waals surface area contributed by atoms with Gasteiger partial charge >= 0.3 is 0 Å². The fourth-order valence-corrected chi connectivity index (χ4v) is 1.88. The lowest BCUT2D eigenvalue weighted by Gasteiger charge is -2.26. The van der Waals surface area contributed by atoms with Crippen molar-refractivity contribution in [3.8, 4) is 0 Å². The molecule has 2 rings (SSSR count). The van der Waals surface area contributed by atoms with Crippen molar-refractivity contribution in [1.29, 1.82) is 0 Å². The molecule has 1 aliphatic rings. The Hall–Kier alpha value is -0.980. The number of hydrogen-bond donors (Lipinski definition) is 2. The topological polar surface area (TPSA) is 66.2 Å². The van der Waals surface area contributed by atoms with Crippen LogP contribution in [-0.4, -0.2) is 44.8 Å². The normalized spacial score (nSPS) is 17.8. The molecule has 0 aromatic carbocycles. The van der Waals surface area contributed by atoms with E-state index in [0.29, 0.717) is 13.1 Å². The lowest BCUT2D eigenvalue weighted by Crippen LogP contribution is -2.41. The fourth-order valence-electron chi connectivity index (χ4n) is 1.88. The molecular formula is C10H19N5O. The van der Waals surface area contributed by atoms with Crippen LogP contribution in [0.15, 0.2) is 6.20 Å². The van der Waals surface area contributed by atoms with Gasteiger partial charge in [0.05, 0.1) is 25.4 Å². The maximum absolute atomic E-state index is 8.75. The van der Waals surface area contributed by atoms with Crippen LogP contribution in [0, 0.1) is 0 Å². The van der Waals surface area contributed by atoms with E-state index < -0.39 is 0 Å². The monoisotopic (exact) mass is 225 g/mol. The molecule has 6 heteroatoms. The van der Waals surface area contributed by atoms with Crippen LogP contribution in [0.3, 0.4) is 0 Å². The lowest BCUT2D eigenvalue weighted by atomic mass is 10.2. The van der Waals surface area contributed by atoms with Crippen LogP contribution in [0.1, 0.15) is 25.0 Å². The quantitative estimate of drug-likeness (QED) is 0.724. The lowest BCUT2D eigenvalue weighted by molar-refractivity contribution is 0.150. The molecule has 6 nitrogen and oxygen atoms in total. The van der Waals surface area contributed by atoms with Gasteiger partial charge in [-0.1, -0.05) is 11.6 Å². The van der Waals surface area contributed by atoms with Crippen molar-refractivity contribution in [3.05, 3.63) is 11.9 Å². The molecule has 1 aromatic heterocycles. The minimum atomic E-state index is 0.0996. The summed E-state index contributed by atoms with van der Waals surface area (Å²) in [4.78, 5) is 0. The number of aliphatic hydroxyl groups excluding tert-OH is 1. The molecule has 1 saturated heterocycles. The number of aromatic nitrogens is 3. The number of hydrogen-bond acceptors (Lipinski definition) is 5. The summed E-state index contributed by atoms with van der Waals surface area (Å²) in [5, 5.41) is 18.9. The SMILES string of the molecule is OCCn1cc(CNN2CCCCC2)nn1. The van der Waals surface area contributed by atoms with E-state index in [-0.39, 0.29) is 6.61 Å². The maximum atomic E-state index is 8.75. The van der Waals surface area contributed by atoms with Crippen molar-refractivity contribution in [3.63, 3.8) is 0 Å². The zero-order chi connectivity index (χ0) is 11.2. The average molecular weight is 225 g/mol. The second kappa shape index (κ2) is 5.93. The Labute approximate surface area is 95.2 Å². The molecule has 0 amide bonds. The standard InChI is InChI=1S/C10H19N5O/c16-7-6-15-9-10(12-13-15)8-11-14-4-2-1-3-5-14/h9,11,16H,1-8H2. The largest absolute Gasteiger partial charge is 0.394 e.